The van der Waals surface area contributed by atoms with Gasteiger partial charge in [-0.3, -0.25) is 0 Å². The van der Waals surface area contributed by atoms with Crippen LogP contribution in [0.1, 0.15) is 25.0 Å². The van der Waals surface area contributed by atoms with Crippen molar-refractivity contribution < 1.29 is 0 Å². The number of nitrogens with zero attached hydrogens (tertiary/aromatic N) is 2. The maximum absolute atomic E-state index is 6.33. The highest BCUT2D eigenvalue weighted by atomic mass is 35.5. The van der Waals surface area contributed by atoms with Crippen LogP contribution in [0.15, 0.2) is 30.6 Å². The first-order chi connectivity index (χ1) is 9.08. The van der Waals surface area contributed by atoms with Gasteiger partial charge in [-0.2, -0.15) is 5.10 Å². The van der Waals surface area contributed by atoms with Gasteiger partial charge in [0.05, 0.1) is 16.9 Å². The number of nitrogens with one attached hydrogen (secondary N) is 1. The van der Waals surface area contributed by atoms with Gasteiger partial charge >= 0.3 is 0 Å². The average Bonchev–Trinajstić information content (AvgIpc) is 2.75. The fourth-order valence-corrected chi connectivity index (χ4v) is 2.27. The van der Waals surface area contributed by atoms with Gasteiger partial charge in [0, 0.05) is 12.7 Å². The summed E-state index contributed by atoms with van der Waals surface area (Å²) in [7, 11) is 0. The number of para-hydroxylation sites is 1. The molecular weight excluding hydrogens is 258 g/mol. The van der Waals surface area contributed by atoms with Crippen molar-refractivity contribution >= 4 is 11.6 Å². The molecule has 1 heterocycles. The van der Waals surface area contributed by atoms with Crippen molar-refractivity contribution in [3.8, 4) is 5.69 Å². The molecule has 0 fully saturated rings. The van der Waals surface area contributed by atoms with Gasteiger partial charge in [0.25, 0.3) is 0 Å². The Morgan fingerprint density at radius 3 is 2.79 bits per heavy atom. The van der Waals surface area contributed by atoms with Gasteiger partial charge in [0.1, 0.15) is 0 Å². The van der Waals surface area contributed by atoms with Gasteiger partial charge in [-0.25, -0.2) is 4.68 Å². The maximum atomic E-state index is 6.33. The molecule has 0 spiro atoms. The fraction of sp³-hybridized carbons (Fsp3) is 0.400. The molecule has 0 atom stereocenters. The van der Waals surface area contributed by atoms with E-state index in [1.807, 2.05) is 36.1 Å². The maximum Gasteiger partial charge on any atom is 0.0876 e. The third-order valence-corrected chi connectivity index (χ3v) is 3.18. The van der Waals surface area contributed by atoms with Crippen LogP contribution in [0.4, 0.5) is 0 Å². The summed E-state index contributed by atoms with van der Waals surface area (Å²) in [6.45, 7) is 8.21. The van der Waals surface area contributed by atoms with Gasteiger partial charge in [-0.05, 0) is 36.6 Å². The Hall–Kier alpha value is -1.32. The van der Waals surface area contributed by atoms with Crippen LogP contribution in [0.25, 0.3) is 5.69 Å². The molecule has 1 N–H and O–H groups in total. The van der Waals surface area contributed by atoms with E-state index in [0.29, 0.717) is 5.92 Å². The molecule has 4 heteroatoms. The molecule has 0 amide bonds. The van der Waals surface area contributed by atoms with Gasteiger partial charge in [0.2, 0.25) is 0 Å². The van der Waals surface area contributed by atoms with Crippen molar-refractivity contribution in [2.24, 2.45) is 5.92 Å². The summed E-state index contributed by atoms with van der Waals surface area (Å²) in [6, 6.07) is 5.97. The Labute approximate surface area is 119 Å². The Morgan fingerprint density at radius 1 is 1.37 bits per heavy atom. The number of halogens is 1. The van der Waals surface area contributed by atoms with Crippen LogP contribution in [0.5, 0.6) is 0 Å². The van der Waals surface area contributed by atoms with Crippen molar-refractivity contribution in [3.63, 3.8) is 0 Å². The Bertz CT molecular complexity index is 546. The molecule has 3 nitrogen and oxygen atoms in total. The molecule has 102 valence electrons. The molecule has 19 heavy (non-hydrogen) atoms. The Balaban J connectivity index is 2.26. The van der Waals surface area contributed by atoms with Gasteiger partial charge in [-0.15, -0.1) is 0 Å². The molecule has 0 saturated heterocycles. The molecule has 0 radical (unpaired) electrons. The zero-order valence-corrected chi connectivity index (χ0v) is 12.4. The monoisotopic (exact) mass is 277 g/mol. The third kappa shape index (κ3) is 3.58. The van der Waals surface area contributed by atoms with E-state index in [1.54, 1.807) is 0 Å². The van der Waals surface area contributed by atoms with E-state index in [4.69, 9.17) is 11.6 Å². The first-order valence-corrected chi connectivity index (χ1v) is 6.95. The summed E-state index contributed by atoms with van der Waals surface area (Å²) in [5.41, 5.74) is 3.26. The van der Waals surface area contributed by atoms with E-state index in [9.17, 15) is 0 Å². The number of hydrogen-bond acceptors (Lipinski definition) is 2. The third-order valence-electron chi connectivity index (χ3n) is 2.88. The van der Waals surface area contributed by atoms with E-state index in [-0.39, 0.29) is 0 Å². The minimum Gasteiger partial charge on any atom is -0.312 e. The number of benzene rings is 1. The zero-order valence-electron chi connectivity index (χ0n) is 11.7. The van der Waals surface area contributed by atoms with Crippen LogP contribution >= 0.6 is 11.6 Å². The average molecular weight is 278 g/mol. The molecule has 0 unspecified atom stereocenters. The summed E-state index contributed by atoms with van der Waals surface area (Å²) in [6.07, 6.45) is 3.84. The molecule has 2 rings (SSSR count). The second-order valence-corrected chi connectivity index (χ2v) is 5.64. The smallest absolute Gasteiger partial charge is 0.0876 e. The highest BCUT2D eigenvalue weighted by Crippen LogP contribution is 2.24. The highest BCUT2D eigenvalue weighted by Gasteiger charge is 2.10. The normalized spacial score (nSPS) is 11.2. The van der Waals surface area contributed by atoms with E-state index in [1.165, 1.54) is 0 Å². The van der Waals surface area contributed by atoms with Crippen molar-refractivity contribution in [3.05, 3.63) is 46.7 Å². The lowest BCUT2D eigenvalue weighted by atomic mass is 10.1. The van der Waals surface area contributed by atoms with Crippen molar-refractivity contribution in [2.45, 2.75) is 27.3 Å². The molecule has 0 bridgehead atoms. The number of hydrogen-bond donors (Lipinski definition) is 1. The molecule has 0 aliphatic heterocycles. The summed E-state index contributed by atoms with van der Waals surface area (Å²) < 4.78 is 1.85. The second kappa shape index (κ2) is 6.22. The molecule has 0 aliphatic rings. The lowest BCUT2D eigenvalue weighted by Gasteiger charge is -2.13. The van der Waals surface area contributed by atoms with Crippen LogP contribution < -0.4 is 5.32 Å². The summed E-state index contributed by atoms with van der Waals surface area (Å²) in [5, 5.41) is 8.53. The summed E-state index contributed by atoms with van der Waals surface area (Å²) >= 11 is 6.33. The Kier molecular flexibility index (Phi) is 4.61. The van der Waals surface area contributed by atoms with Crippen molar-refractivity contribution in [1.29, 1.82) is 0 Å². The van der Waals surface area contributed by atoms with Gasteiger partial charge in [0.15, 0.2) is 0 Å². The van der Waals surface area contributed by atoms with E-state index in [2.05, 4.69) is 30.3 Å². The Morgan fingerprint density at radius 2 is 2.16 bits per heavy atom. The predicted molar refractivity (Wildman–Crippen MR) is 79.9 cm³/mol. The zero-order chi connectivity index (χ0) is 13.8. The molecule has 1 aromatic carbocycles. The van der Waals surface area contributed by atoms with Gasteiger partial charge in [-0.1, -0.05) is 37.6 Å². The molecule has 0 aliphatic carbocycles. The van der Waals surface area contributed by atoms with Crippen LogP contribution in [0, 0.1) is 12.8 Å². The van der Waals surface area contributed by atoms with E-state index < -0.39 is 0 Å². The SMILES string of the molecule is Cc1cnn(-c2c(Cl)cccc2CNCC(C)C)c1. The topological polar surface area (TPSA) is 29.9 Å². The van der Waals surface area contributed by atoms with Crippen LogP contribution in [0.2, 0.25) is 5.02 Å². The fourth-order valence-electron chi connectivity index (χ4n) is 1.99. The summed E-state index contributed by atoms with van der Waals surface area (Å²) in [5.74, 6) is 0.634. The highest BCUT2D eigenvalue weighted by molar-refractivity contribution is 6.32. The number of aromatic nitrogens is 2. The van der Waals surface area contributed by atoms with Gasteiger partial charge < -0.3 is 5.32 Å². The predicted octanol–water partition coefficient (Wildman–Crippen LogP) is 3.58. The second-order valence-electron chi connectivity index (χ2n) is 5.23. The molecule has 2 aromatic rings. The van der Waals surface area contributed by atoms with E-state index >= 15 is 0 Å². The standard InChI is InChI=1S/C15H20ClN3/c1-11(2)7-17-9-13-5-4-6-14(16)15(13)19-10-12(3)8-18-19/h4-6,8,10-11,17H,7,9H2,1-3H3. The summed E-state index contributed by atoms with van der Waals surface area (Å²) in [4.78, 5) is 0. The van der Waals surface area contributed by atoms with Crippen LogP contribution in [-0.2, 0) is 6.54 Å². The van der Waals surface area contributed by atoms with Crippen LogP contribution in [0.3, 0.4) is 0 Å². The first-order valence-electron chi connectivity index (χ1n) is 6.57. The lowest BCUT2D eigenvalue weighted by molar-refractivity contribution is 0.551. The number of aryl methyl sites for hydroxylation is 1. The quantitative estimate of drug-likeness (QED) is 0.905. The first kappa shape index (κ1) is 14.1. The van der Waals surface area contributed by atoms with Crippen LogP contribution in [-0.4, -0.2) is 16.3 Å². The minimum absolute atomic E-state index is 0.634. The lowest BCUT2D eigenvalue weighted by Crippen LogP contribution is -2.20. The molecular formula is C15H20ClN3. The van der Waals surface area contributed by atoms with Crippen molar-refractivity contribution in [2.75, 3.05) is 6.54 Å². The largest absolute Gasteiger partial charge is 0.312 e. The number of rotatable bonds is 5. The van der Waals surface area contributed by atoms with Crippen molar-refractivity contribution in [1.82, 2.24) is 15.1 Å². The molecule has 0 saturated carbocycles. The molecule has 1 aromatic heterocycles. The minimum atomic E-state index is 0.634. The van der Waals surface area contributed by atoms with E-state index in [0.717, 1.165) is 34.9 Å².